The van der Waals surface area contributed by atoms with E-state index in [4.69, 9.17) is 35.3 Å². The summed E-state index contributed by atoms with van der Waals surface area (Å²) in [5.74, 6) is 1.65. The van der Waals surface area contributed by atoms with E-state index in [0.29, 0.717) is 70.9 Å². The summed E-state index contributed by atoms with van der Waals surface area (Å²) in [5.41, 5.74) is 3.37. The molecule has 3 heterocycles. The molecule has 0 atom stereocenters. The van der Waals surface area contributed by atoms with Crippen LogP contribution in [0.2, 0.25) is 5.02 Å². The molecule has 18 heteroatoms. The van der Waals surface area contributed by atoms with Gasteiger partial charge in [0, 0.05) is 66.5 Å². The maximum atomic E-state index is 14.2. The number of hydrogen-bond acceptors (Lipinski definition) is 14. The normalized spacial score (nSPS) is 11.8. The highest BCUT2D eigenvalue weighted by molar-refractivity contribution is 6.30. The van der Waals surface area contributed by atoms with E-state index in [2.05, 4.69) is 59.3 Å². The number of amides is 2. The first-order valence-corrected chi connectivity index (χ1v) is 19.7. The third-order valence-electron chi connectivity index (χ3n) is 8.63. The van der Waals surface area contributed by atoms with Crippen molar-refractivity contribution in [2.75, 3.05) is 72.8 Å². The molecule has 0 radical (unpaired) electrons. The van der Waals surface area contributed by atoms with Gasteiger partial charge in [0.2, 0.25) is 23.6 Å². The predicted octanol–water partition coefficient (Wildman–Crippen LogP) is 8.93. The van der Waals surface area contributed by atoms with Crippen LogP contribution < -0.4 is 40.4 Å². The SMILES string of the molecule is C=CC(=O)Nc1cc(Nc2cc(Oc3cccc(Cl)c3)ncn2)ccc1N1CCOCC1.C=CC(=O)Nc1cccc(Oc2cc(Nc3ccc(OCCOC)c(F)c3)ncn2)c1. The molecule has 1 fully saturated rings. The summed E-state index contributed by atoms with van der Waals surface area (Å²) >= 11 is 6.01. The van der Waals surface area contributed by atoms with E-state index in [9.17, 15) is 14.0 Å². The number of anilines is 7. The Morgan fingerprint density at radius 2 is 1.37 bits per heavy atom. The quantitative estimate of drug-likeness (QED) is 0.0503. The Bertz CT molecular complexity index is 2530. The Hall–Kier alpha value is -7.60. The summed E-state index contributed by atoms with van der Waals surface area (Å²) in [7, 11) is 1.55. The molecule has 2 amide bonds. The molecule has 1 saturated heterocycles. The van der Waals surface area contributed by atoms with Crippen LogP contribution in [-0.2, 0) is 19.1 Å². The Morgan fingerprint density at radius 1 is 0.746 bits per heavy atom. The number of nitrogens with one attached hydrogen (secondary N) is 4. The van der Waals surface area contributed by atoms with Crippen molar-refractivity contribution >= 4 is 63.5 Å². The van der Waals surface area contributed by atoms with Crippen LogP contribution in [0, 0.1) is 5.82 Å². The van der Waals surface area contributed by atoms with Gasteiger partial charge < -0.3 is 49.9 Å². The second kappa shape index (κ2) is 22.8. The summed E-state index contributed by atoms with van der Waals surface area (Å²) in [6.45, 7) is 10.4. The lowest BCUT2D eigenvalue weighted by atomic mass is 10.2. The molecule has 1 aliphatic heterocycles. The van der Waals surface area contributed by atoms with E-state index in [-0.39, 0.29) is 30.1 Å². The molecular formula is C45H43ClFN9O7. The zero-order valence-corrected chi connectivity index (χ0v) is 34.8. The molecule has 1 aliphatic rings. The summed E-state index contributed by atoms with van der Waals surface area (Å²) in [4.78, 5) is 42.2. The molecule has 2 aromatic heterocycles. The fraction of sp³-hybridized carbons (Fsp3) is 0.156. The fourth-order valence-electron chi connectivity index (χ4n) is 5.73. The van der Waals surface area contributed by atoms with Crippen molar-refractivity contribution in [2.24, 2.45) is 0 Å². The summed E-state index contributed by atoms with van der Waals surface area (Å²) in [6.07, 6.45) is 5.15. The van der Waals surface area contributed by atoms with Gasteiger partial charge in [-0.2, -0.15) is 0 Å². The molecule has 0 saturated carbocycles. The lowest BCUT2D eigenvalue weighted by Gasteiger charge is -2.30. The van der Waals surface area contributed by atoms with Crippen LogP contribution in [0.15, 0.2) is 135 Å². The average Bonchev–Trinajstić information content (AvgIpc) is 3.28. The van der Waals surface area contributed by atoms with Gasteiger partial charge in [-0.25, -0.2) is 24.3 Å². The van der Waals surface area contributed by atoms with Gasteiger partial charge in [0.25, 0.3) is 0 Å². The van der Waals surface area contributed by atoms with Crippen LogP contribution in [0.5, 0.6) is 29.0 Å². The lowest BCUT2D eigenvalue weighted by Crippen LogP contribution is -2.36. The van der Waals surface area contributed by atoms with Crippen LogP contribution in [0.1, 0.15) is 0 Å². The van der Waals surface area contributed by atoms with Gasteiger partial charge in [-0.15, -0.1) is 0 Å². The van der Waals surface area contributed by atoms with E-state index in [0.717, 1.165) is 24.5 Å². The number of benzene rings is 4. The van der Waals surface area contributed by atoms with E-state index in [1.165, 1.54) is 36.9 Å². The van der Waals surface area contributed by atoms with Crippen LogP contribution in [0.4, 0.5) is 44.5 Å². The van der Waals surface area contributed by atoms with Crippen molar-refractivity contribution in [3.8, 4) is 29.0 Å². The Balaban J connectivity index is 0.000000210. The lowest BCUT2D eigenvalue weighted by molar-refractivity contribution is -0.112. The van der Waals surface area contributed by atoms with Gasteiger partial charge >= 0.3 is 0 Å². The van der Waals surface area contributed by atoms with Crippen molar-refractivity contribution < 1.29 is 37.7 Å². The van der Waals surface area contributed by atoms with Crippen molar-refractivity contribution in [1.29, 1.82) is 0 Å². The van der Waals surface area contributed by atoms with E-state index in [1.54, 1.807) is 73.8 Å². The molecule has 6 aromatic rings. The zero-order chi connectivity index (χ0) is 44.4. The smallest absolute Gasteiger partial charge is 0.247 e. The number of hydrogen-bond donors (Lipinski definition) is 4. The van der Waals surface area contributed by atoms with Crippen molar-refractivity contribution in [3.05, 3.63) is 146 Å². The molecular weight excluding hydrogens is 833 g/mol. The number of halogens is 2. The molecule has 324 valence electrons. The standard InChI is InChI=1S/C23H22ClN5O3.C22H21FN4O4/c1-2-22(30)28-19-13-17(6-7-20(19)29-8-10-31-11-9-29)27-21-14-23(26-15-25-21)32-18-5-3-4-16(24)12-18;1-3-21(28)27-15-5-4-6-17(11-15)31-22-13-20(24-14-25-22)26-16-7-8-19(18(23)12-16)30-10-9-29-2/h2-7,12-15H,1,8-11H2,(H,28,30)(H,25,26,27);3-8,11-14H,1,9-10H2,2H3,(H,27,28)(H,24,25,26). The van der Waals surface area contributed by atoms with Gasteiger partial charge in [0.1, 0.15) is 42.4 Å². The molecule has 0 aliphatic carbocycles. The molecule has 4 aromatic carbocycles. The Kier molecular flexibility index (Phi) is 16.3. The second-order valence-electron chi connectivity index (χ2n) is 13.1. The first-order valence-electron chi connectivity index (χ1n) is 19.3. The van der Waals surface area contributed by atoms with Gasteiger partial charge in [0.15, 0.2) is 11.6 Å². The minimum Gasteiger partial charge on any atom is -0.488 e. The van der Waals surface area contributed by atoms with Crippen LogP contribution in [0.3, 0.4) is 0 Å². The maximum absolute atomic E-state index is 14.2. The molecule has 63 heavy (non-hydrogen) atoms. The number of nitrogens with zero attached hydrogens (tertiary/aromatic N) is 5. The summed E-state index contributed by atoms with van der Waals surface area (Å²) in [5, 5.41) is 12.3. The first kappa shape index (κ1) is 44.9. The molecule has 0 bridgehead atoms. The number of rotatable bonds is 17. The fourth-order valence-corrected chi connectivity index (χ4v) is 5.91. The minimum atomic E-state index is -0.509. The molecule has 4 N–H and O–H groups in total. The second-order valence-corrected chi connectivity index (χ2v) is 13.6. The van der Waals surface area contributed by atoms with Crippen molar-refractivity contribution in [1.82, 2.24) is 19.9 Å². The van der Waals surface area contributed by atoms with Gasteiger partial charge in [-0.1, -0.05) is 36.9 Å². The number of carbonyl (C=O) groups is 2. The molecule has 16 nitrogen and oxygen atoms in total. The molecule has 7 rings (SSSR count). The Morgan fingerprint density at radius 3 is 2.00 bits per heavy atom. The largest absolute Gasteiger partial charge is 0.488 e. The third kappa shape index (κ3) is 14.0. The van der Waals surface area contributed by atoms with E-state index < -0.39 is 5.82 Å². The summed E-state index contributed by atoms with van der Waals surface area (Å²) < 4.78 is 41.3. The molecule has 0 spiro atoms. The van der Waals surface area contributed by atoms with E-state index >= 15 is 0 Å². The number of aromatic nitrogens is 4. The topological polar surface area (TPSA) is 183 Å². The molecule has 0 unspecified atom stereocenters. The number of morpholine rings is 1. The number of methoxy groups -OCH3 is 1. The van der Waals surface area contributed by atoms with Crippen molar-refractivity contribution in [3.63, 3.8) is 0 Å². The monoisotopic (exact) mass is 875 g/mol. The third-order valence-corrected chi connectivity index (χ3v) is 8.86. The number of carbonyl (C=O) groups excluding carboxylic acids is 2. The minimum absolute atomic E-state index is 0.137. The number of ether oxygens (including phenoxy) is 5. The van der Waals surface area contributed by atoms with Crippen LogP contribution in [-0.4, -0.2) is 78.4 Å². The van der Waals surface area contributed by atoms with Crippen LogP contribution in [0.25, 0.3) is 0 Å². The van der Waals surface area contributed by atoms with Gasteiger partial charge in [-0.05, 0) is 72.8 Å². The Labute approximate surface area is 367 Å². The van der Waals surface area contributed by atoms with Crippen LogP contribution >= 0.6 is 11.6 Å². The summed E-state index contributed by atoms with van der Waals surface area (Å²) in [6, 6.07) is 27.3. The highest BCUT2D eigenvalue weighted by atomic mass is 35.5. The maximum Gasteiger partial charge on any atom is 0.247 e. The highest BCUT2D eigenvalue weighted by Gasteiger charge is 2.17. The zero-order valence-electron chi connectivity index (χ0n) is 34.1. The highest BCUT2D eigenvalue weighted by Crippen LogP contribution is 2.32. The predicted molar refractivity (Wildman–Crippen MR) is 240 cm³/mol. The van der Waals surface area contributed by atoms with Crippen molar-refractivity contribution in [2.45, 2.75) is 0 Å². The van der Waals surface area contributed by atoms with Gasteiger partial charge in [-0.3, -0.25) is 9.59 Å². The van der Waals surface area contributed by atoms with E-state index in [1.807, 2.05) is 18.2 Å². The first-order chi connectivity index (χ1) is 30.7. The average molecular weight is 876 g/mol. The van der Waals surface area contributed by atoms with Gasteiger partial charge in [0.05, 0.1) is 31.2 Å².